The van der Waals surface area contributed by atoms with E-state index >= 15 is 0 Å². The van der Waals surface area contributed by atoms with Crippen molar-refractivity contribution in [1.29, 1.82) is 0 Å². The van der Waals surface area contributed by atoms with Crippen LogP contribution < -0.4 is 11.4 Å². The fraction of sp³-hybridized carbons (Fsp3) is 0.200. The molecule has 1 aromatic heterocycles. The molecule has 0 saturated heterocycles. The molecule has 0 aromatic carbocycles. The van der Waals surface area contributed by atoms with Crippen molar-refractivity contribution < 1.29 is 5.11 Å². The number of nitrogens with one attached hydrogen (secondary N) is 2. The van der Waals surface area contributed by atoms with E-state index in [9.17, 15) is 4.79 Å². The van der Waals surface area contributed by atoms with Crippen LogP contribution in [0.25, 0.3) is 0 Å². The highest BCUT2D eigenvalue weighted by molar-refractivity contribution is 5.31. The van der Waals surface area contributed by atoms with Crippen LogP contribution in [0.4, 0.5) is 5.82 Å². The Balaban J connectivity index is 3.19. The number of hydrogen-bond donors (Lipinski definition) is 2. The average Bonchev–Trinajstić information content (AvgIpc) is 1.88. The third kappa shape index (κ3) is 1.14. The summed E-state index contributed by atoms with van der Waals surface area (Å²) in [6, 6.07) is 0. The minimum atomic E-state index is -0.567. The molecule has 0 fully saturated rings. The van der Waals surface area contributed by atoms with Crippen LogP contribution in [-0.4, -0.2) is 15.1 Å². The SMILES string of the molecule is [NH]c1nc(=O)[nH]cc1CO. The van der Waals surface area contributed by atoms with Crippen LogP contribution in [-0.2, 0) is 6.61 Å². The van der Waals surface area contributed by atoms with Crippen LogP contribution in [0.1, 0.15) is 5.56 Å². The summed E-state index contributed by atoms with van der Waals surface area (Å²) in [5, 5.41) is 8.53. The summed E-state index contributed by atoms with van der Waals surface area (Å²) < 4.78 is 0. The second-order valence-electron chi connectivity index (χ2n) is 1.74. The molecule has 53 valence electrons. The van der Waals surface area contributed by atoms with Crippen molar-refractivity contribution in [2.75, 3.05) is 0 Å². The molecule has 1 heterocycles. The van der Waals surface area contributed by atoms with Gasteiger partial charge in [0, 0.05) is 11.8 Å². The van der Waals surface area contributed by atoms with E-state index in [4.69, 9.17) is 10.8 Å². The first-order valence-corrected chi connectivity index (χ1v) is 2.65. The third-order valence-corrected chi connectivity index (χ3v) is 1.06. The number of nitrogens with zero attached hydrogens (tertiary/aromatic N) is 1. The van der Waals surface area contributed by atoms with E-state index in [2.05, 4.69) is 9.97 Å². The topological polar surface area (TPSA) is 89.8 Å². The van der Waals surface area contributed by atoms with Gasteiger partial charge in [0.2, 0.25) is 0 Å². The molecule has 0 aliphatic rings. The Hall–Kier alpha value is -1.36. The van der Waals surface area contributed by atoms with Crippen LogP contribution in [0.2, 0.25) is 0 Å². The van der Waals surface area contributed by atoms with Gasteiger partial charge in [0.15, 0.2) is 5.82 Å². The zero-order valence-electron chi connectivity index (χ0n) is 5.09. The Bertz CT molecular complexity index is 280. The first-order chi connectivity index (χ1) is 4.74. The molecule has 1 rings (SSSR count). The summed E-state index contributed by atoms with van der Waals surface area (Å²) in [6.45, 7) is -0.275. The molecule has 0 atom stereocenters. The number of aliphatic hydroxyl groups is 1. The molecule has 5 heteroatoms. The normalized spacial score (nSPS) is 9.70. The van der Waals surface area contributed by atoms with Crippen molar-refractivity contribution in [3.05, 3.63) is 22.2 Å². The van der Waals surface area contributed by atoms with Gasteiger partial charge in [-0.1, -0.05) is 0 Å². The van der Waals surface area contributed by atoms with Crippen molar-refractivity contribution in [1.82, 2.24) is 15.7 Å². The average molecular weight is 140 g/mol. The maximum atomic E-state index is 10.4. The van der Waals surface area contributed by atoms with Gasteiger partial charge in [0.25, 0.3) is 0 Å². The summed E-state index contributed by atoms with van der Waals surface area (Å²) in [7, 11) is 0. The lowest BCUT2D eigenvalue weighted by atomic mass is 10.3. The van der Waals surface area contributed by atoms with Gasteiger partial charge in [-0.3, -0.25) is 5.73 Å². The van der Waals surface area contributed by atoms with E-state index in [0.717, 1.165) is 0 Å². The fourth-order valence-corrected chi connectivity index (χ4v) is 0.543. The minimum absolute atomic E-state index is 0.175. The Morgan fingerprint density at radius 2 is 2.50 bits per heavy atom. The minimum Gasteiger partial charge on any atom is -0.391 e. The van der Waals surface area contributed by atoms with Gasteiger partial charge in [-0.15, -0.1) is 0 Å². The van der Waals surface area contributed by atoms with Crippen molar-refractivity contribution in [3.8, 4) is 0 Å². The Kier molecular flexibility index (Phi) is 1.68. The molecule has 0 spiro atoms. The van der Waals surface area contributed by atoms with E-state index in [1.165, 1.54) is 6.20 Å². The van der Waals surface area contributed by atoms with Gasteiger partial charge in [-0.2, -0.15) is 4.98 Å². The Morgan fingerprint density at radius 3 is 3.00 bits per heavy atom. The molecule has 0 unspecified atom stereocenters. The summed E-state index contributed by atoms with van der Waals surface area (Å²) >= 11 is 0. The van der Waals surface area contributed by atoms with Gasteiger partial charge in [-0.25, -0.2) is 4.79 Å². The maximum absolute atomic E-state index is 10.4. The van der Waals surface area contributed by atoms with Gasteiger partial charge in [-0.05, 0) is 0 Å². The molecule has 0 aliphatic carbocycles. The lowest BCUT2D eigenvalue weighted by Gasteiger charge is -1.95. The number of aromatic nitrogens is 2. The Labute approximate surface area is 56.5 Å². The number of aromatic amines is 1. The molecular formula is C5H6N3O2. The first-order valence-electron chi connectivity index (χ1n) is 2.65. The van der Waals surface area contributed by atoms with Gasteiger partial charge in [0.05, 0.1) is 6.61 Å². The third-order valence-electron chi connectivity index (χ3n) is 1.06. The molecular weight excluding hydrogens is 134 g/mol. The number of H-pyrrole nitrogens is 1. The first kappa shape index (κ1) is 6.76. The van der Waals surface area contributed by atoms with E-state index in [1.807, 2.05) is 0 Å². The van der Waals surface area contributed by atoms with Crippen molar-refractivity contribution in [2.24, 2.45) is 0 Å². The van der Waals surface area contributed by atoms with E-state index in [1.54, 1.807) is 0 Å². The predicted molar refractivity (Wildman–Crippen MR) is 33.5 cm³/mol. The summed E-state index contributed by atoms with van der Waals surface area (Å²) in [4.78, 5) is 15.9. The van der Waals surface area contributed by atoms with Crippen LogP contribution in [0.3, 0.4) is 0 Å². The summed E-state index contributed by atoms with van der Waals surface area (Å²) in [5.41, 5.74) is 6.77. The van der Waals surface area contributed by atoms with Crippen molar-refractivity contribution in [2.45, 2.75) is 6.61 Å². The zero-order chi connectivity index (χ0) is 7.56. The number of aliphatic hydroxyl groups excluding tert-OH is 1. The maximum Gasteiger partial charge on any atom is 0.346 e. The zero-order valence-corrected chi connectivity index (χ0v) is 5.09. The highest BCUT2D eigenvalue weighted by Crippen LogP contribution is 2.03. The lowest BCUT2D eigenvalue weighted by molar-refractivity contribution is 0.281. The monoisotopic (exact) mass is 140 g/mol. The van der Waals surface area contributed by atoms with E-state index < -0.39 is 5.69 Å². The highest BCUT2D eigenvalue weighted by atomic mass is 16.3. The second-order valence-corrected chi connectivity index (χ2v) is 1.74. The van der Waals surface area contributed by atoms with Gasteiger partial charge >= 0.3 is 5.69 Å². The van der Waals surface area contributed by atoms with Crippen LogP contribution in [0.15, 0.2) is 11.0 Å². The van der Waals surface area contributed by atoms with Crippen LogP contribution in [0.5, 0.6) is 0 Å². The van der Waals surface area contributed by atoms with Crippen molar-refractivity contribution in [3.63, 3.8) is 0 Å². The number of rotatable bonds is 1. The lowest BCUT2D eigenvalue weighted by Crippen LogP contribution is -2.10. The standard InChI is InChI=1S/C5H6N3O2/c6-4-3(2-9)1-7-5(10)8-4/h1,6,9H,2H2,(H,7,8,10). The molecule has 0 bridgehead atoms. The quantitative estimate of drug-likeness (QED) is 0.533. The molecule has 5 nitrogen and oxygen atoms in total. The van der Waals surface area contributed by atoms with Crippen LogP contribution in [0, 0.1) is 0 Å². The largest absolute Gasteiger partial charge is 0.391 e. The molecule has 1 aromatic rings. The predicted octanol–water partition coefficient (Wildman–Crippen LogP) is -0.823. The molecule has 1 radical (unpaired) electrons. The molecule has 0 aliphatic heterocycles. The van der Waals surface area contributed by atoms with E-state index in [-0.39, 0.29) is 12.4 Å². The molecule has 0 saturated carbocycles. The summed E-state index contributed by atoms with van der Waals surface area (Å²) in [6.07, 6.45) is 1.28. The molecule has 10 heavy (non-hydrogen) atoms. The fourth-order valence-electron chi connectivity index (χ4n) is 0.543. The Morgan fingerprint density at radius 1 is 1.80 bits per heavy atom. The molecule has 3 N–H and O–H groups in total. The van der Waals surface area contributed by atoms with Gasteiger partial charge in [0.1, 0.15) is 0 Å². The second kappa shape index (κ2) is 2.49. The summed E-state index contributed by atoms with van der Waals surface area (Å²) in [5.74, 6) is -0.175. The van der Waals surface area contributed by atoms with Crippen molar-refractivity contribution >= 4 is 5.82 Å². The van der Waals surface area contributed by atoms with E-state index in [0.29, 0.717) is 5.56 Å². The molecule has 0 amide bonds. The highest BCUT2D eigenvalue weighted by Gasteiger charge is 1.98. The van der Waals surface area contributed by atoms with Crippen LogP contribution >= 0.6 is 0 Å². The van der Waals surface area contributed by atoms with Gasteiger partial charge < -0.3 is 10.1 Å². The smallest absolute Gasteiger partial charge is 0.346 e. The number of hydrogen-bond acceptors (Lipinski definition) is 3.